The van der Waals surface area contributed by atoms with Crippen LogP contribution in [0, 0.1) is 5.92 Å². The molecule has 0 amide bonds. The Hall–Kier alpha value is -1.21. The van der Waals surface area contributed by atoms with E-state index in [1.54, 1.807) is 10.9 Å². The lowest BCUT2D eigenvalue weighted by atomic mass is 9.99. The predicted molar refractivity (Wildman–Crippen MR) is 90.8 cm³/mol. The van der Waals surface area contributed by atoms with Crippen LogP contribution >= 0.6 is 0 Å². The molecule has 1 aromatic rings. The lowest BCUT2D eigenvalue weighted by Crippen LogP contribution is -2.40. The van der Waals surface area contributed by atoms with Gasteiger partial charge in [-0.1, -0.05) is 33.1 Å². The first kappa shape index (κ1) is 18.1. The van der Waals surface area contributed by atoms with E-state index in [-0.39, 0.29) is 12.1 Å². The number of hydrogen-bond donors (Lipinski definition) is 0. The van der Waals surface area contributed by atoms with Gasteiger partial charge in [-0.2, -0.15) is 4.31 Å². The van der Waals surface area contributed by atoms with Crippen molar-refractivity contribution in [1.82, 2.24) is 13.9 Å². The molecule has 1 unspecified atom stereocenters. The highest BCUT2D eigenvalue weighted by atomic mass is 32.2. The molecule has 0 spiro atoms. The van der Waals surface area contributed by atoms with E-state index in [0.29, 0.717) is 36.7 Å². The summed E-state index contributed by atoms with van der Waals surface area (Å²) in [6.45, 7) is 5.59. The molecule has 6 nitrogen and oxygen atoms in total. The molecule has 1 aromatic heterocycles. The van der Waals surface area contributed by atoms with Gasteiger partial charge in [-0.05, 0) is 18.8 Å². The van der Waals surface area contributed by atoms with Crippen LogP contribution in [0.5, 0.6) is 0 Å². The number of rotatable bonds is 7. The second-order valence-electron chi connectivity index (χ2n) is 6.39. The molecule has 0 N–H and O–H groups in total. The van der Waals surface area contributed by atoms with Gasteiger partial charge in [0.05, 0.1) is 24.8 Å². The highest BCUT2D eigenvalue weighted by Crippen LogP contribution is 2.18. The quantitative estimate of drug-likeness (QED) is 0.758. The van der Waals surface area contributed by atoms with Crippen molar-refractivity contribution in [3.05, 3.63) is 27.9 Å². The van der Waals surface area contributed by atoms with Crippen molar-refractivity contribution in [2.24, 2.45) is 5.92 Å². The molecule has 0 aromatic carbocycles. The summed E-state index contributed by atoms with van der Waals surface area (Å²) in [5.74, 6) is 0.489. The molecule has 0 fully saturated rings. The number of sulfonamides is 1. The standard InChI is InChI=1S/C16H27N3O3S/c1-4-6-7-13(5-2)10-18-12-17-15-11-19(23(3,21)22)9-8-14(15)16(18)20/h12-13H,4-11H2,1-3H3. The van der Waals surface area contributed by atoms with Gasteiger partial charge < -0.3 is 0 Å². The Kier molecular flexibility index (Phi) is 5.97. The van der Waals surface area contributed by atoms with Gasteiger partial charge in [0.1, 0.15) is 0 Å². The number of fused-ring (bicyclic) bond motifs is 1. The van der Waals surface area contributed by atoms with E-state index in [1.807, 2.05) is 0 Å². The number of hydrogen-bond acceptors (Lipinski definition) is 4. The average molecular weight is 341 g/mol. The Labute approximate surface area is 138 Å². The lowest BCUT2D eigenvalue weighted by Gasteiger charge is -2.26. The van der Waals surface area contributed by atoms with Crippen molar-refractivity contribution >= 4 is 10.0 Å². The van der Waals surface area contributed by atoms with Crippen molar-refractivity contribution in [3.8, 4) is 0 Å². The zero-order valence-electron chi connectivity index (χ0n) is 14.3. The van der Waals surface area contributed by atoms with Gasteiger partial charge in [-0.25, -0.2) is 13.4 Å². The van der Waals surface area contributed by atoms with E-state index in [1.165, 1.54) is 17.0 Å². The Bertz CT molecular complexity index is 697. The molecule has 0 radical (unpaired) electrons. The largest absolute Gasteiger partial charge is 0.299 e. The third-order valence-electron chi connectivity index (χ3n) is 4.62. The van der Waals surface area contributed by atoms with Crippen LogP contribution < -0.4 is 5.56 Å². The molecule has 1 atom stereocenters. The third kappa shape index (κ3) is 4.41. The Morgan fingerprint density at radius 2 is 2.09 bits per heavy atom. The fraction of sp³-hybridized carbons (Fsp3) is 0.750. The molecule has 0 aliphatic carbocycles. The maximum atomic E-state index is 12.7. The first-order valence-corrected chi connectivity index (χ1v) is 10.2. The van der Waals surface area contributed by atoms with Gasteiger partial charge in [0, 0.05) is 18.7 Å². The third-order valence-corrected chi connectivity index (χ3v) is 5.87. The molecule has 2 rings (SSSR count). The topological polar surface area (TPSA) is 72.3 Å². The highest BCUT2D eigenvalue weighted by molar-refractivity contribution is 7.88. The number of unbranched alkanes of at least 4 members (excludes halogenated alkanes) is 1. The Morgan fingerprint density at radius 1 is 1.35 bits per heavy atom. The number of nitrogens with zero attached hydrogens (tertiary/aromatic N) is 3. The van der Waals surface area contributed by atoms with Crippen molar-refractivity contribution in [2.45, 2.75) is 59.0 Å². The van der Waals surface area contributed by atoms with Gasteiger partial charge in [-0.3, -0.25) is 9.36 Å². The van der Waals surface area contributed by atoms with Gasteiger partial charge in [-0.15, -0.1) is 0 Å². The van der Waals surface area contributed by atoms with Crippen LogP contribution in [-0.4, -0.2) is 35.1 Å². The molecule has 7 heteroatoms. The molecule has 1 aliphatic heterocycles. The summed E-state index contributed by atoms with van der Waals surface area (Å²) in [6, 6.07) is 0. The average Bonchev–Trinajstić information content (AvgIpc) is 2.52. The summed E-state index contributed by atoms with van der Waals surface area (Å²) in [6.07, 6.45) is 7.73. The summed E-state index contributed by atoms with van der Waals surface area (Å²) in [5.41, 5.74) is 1.28. The maximum absolute atomic E-state index is 12.7. The SMILES string of the molecule is CCCCC(CC)Cn1cnc2c(c1=O)CCN(S(C)(=O)=O)C2. The second-order valence-corrected chi connectivity index (χ2v) is 8.37. The van der Waals surface area contributed by atoms with Gasteiger partial charge in [0.25, 0.3) is 5.56 Å². The summed E-state index contributed by atoms with van der Waals surface area (Å²) in [4.78, 5) is 17.0. The minimum Gasteiger partial charge on any atom is -0.299 e. The van der Waals surface area contributed by atoms with Crippen molar-refractivity contribution < 1.29 is 8.42 Å². The predicted octanol–water partition coefficient (Wildman–Crippen LogP) is 1.78. The van der Waals surface area contributed by atoms with E-state index < -0.39 is 10.0 Å². The highest BCUT2D eigenvalue weighted by Gasteiger charge is 2.26. The summed E-state index contributed by atoms with van der Waals surface area (Å²) < 4.78 is 26.4. The Morgan fingerprint density at radius 3 is 2.70 bits per heavy atom. The van der Waals surface area contributed by atoms with Gasteiger partial charge in [0.2, 0.25) is 10.0 Å². The van der Waals surface area contributed by atoms with Crippen molar-refractivity contribution in [1.29, 1.82) is 0 Å². The molecule has 2 heterocycles. The fourth-order valence-corrected chi connectivity index (χ4v) is 3.82. The van der Waals surface area contributed by atoms with E-state index in [4.69, 9.17) is 0 Å². The van der Waals surface area contributed by atoms with Crippen LogP contribution in [-0.2, 0) is 29.5 Å². The normalized spacial score (nSPS) is 17.0. The molecule has 0 bridgehead atoms. The van der Waals surface area contributed by atoms with E-state index in [2.05, 4.69) is 18.8 Å². The van der Waals surface area contributed by atoms with E-state index in [0.717, 1.165) is 19.3 Å². The monoisotopic (exact) mass is 341 g/mol. The Balaban J connectivity index is 2.19. The molecule has 0 saturated heterocycles. The van der Waals surface area contributed by atoms with E-state index >= 15 is 0 Å². The van der Waals surface area contributed by atoms with Gasteiger partial charge in [0.15, 0.2) is 0 Å². The van der Waals surface area contributed by atoms with Crippen LogP contribution in [0.2, 0.25) is 0 Å². The molecular formula is C16H27N3O3S. The summed E-state index contributed by atoms with van der Waals surface area (Å²) in [5, 5.41) is 0. The first-order valence-electron chi connectivity index (χ1n) is 8.39. The minimum atomic E-state index is -3.24. The molecule has 130 valence electrons. The maximum Gasteiger partial charge on any atom is 0.256 e. The molecule has 0 saturated carbocycles. The zero-order valence-corrected chi connectivity index (χ0v) is 15.1. The lowest BCUT2D eigenvalue weighted by molar-refractivity contribution is 0.366. The fourth-order valence-electron chi connectivity index (χ4n) is 3.05. The van der Waals surface area contributed by atoms with Crippen LogP contribution in [0.1, 0.15) is 50.8 Å². The summed E-state index contributed by atoms with van der Waals surface area (Å²) >= 11 is 0. The van der Waals surface area contributed by atoms with Crippen LogP contribution in [0.4, 0.5) is 0 Å². The zero-order chi connectivity index (χ0) is 17.0. The molecule has 23 heavy (non-hydrogen) atoms. The van der Waals surface area contributed by atoms with E-state index in [9.17, 15) is 13.2 Å². The first-order chi connectivity index (χ1) is 10.9. The molecule has 1 aliphatic rings. The van der Waals surface area contributed by atoms with Crippen LogP contribution in [0.15, 0.2) is 11.1 Å². The van der Waals surface area contributed by atoms with Crippen molar-refractivity contribution in [3.63, 3.8) is 0 Å². The second kappa shape index (κ2) is 7.57. The number of aromatic nitrogens is 2. The van der Waals surface area contributed by atoms with Crippen molar-refractivity contribution in [2.75, 3.05) is 12.8 Å². The van der Waals surface area contributed by atoms with Crippen LogP contribution in [0.25, 0.3) is 0 Å². The summed E-state index contributed by atoms with van der Waals surface area (Å²) in [7, 11) is -3.24. The molecular weight excluding hydrogens is 314 g/mol. The minimum absolute atomic E-state index is 0.00176. The van der Waals surface area contributed by atoms with Crippen LogP contribution in [0.3, 0.4) is 0 Å². The smallest absolute Gasteiger partial charge is 0.256 e. The van der Waals surface area contributed by atoms with Gasteiger partial charge >= 0.3 is 0 Å².